The number of nitrogens with one attached hydrogen (secondary N) is 2. The predicted octanol–water partition coefficient (Wildman–Crippen LogP) is 3.49. The molecule has 3 aromatic rings. The number of hydrogen-bond donors (Lipinski definition) is 3. The highest BCUT2D eigenvalue weighted by Gasteiger charge is 2.03. The fraction of sp³-hybridized carbons (Fsp3) is 0.125. The van der Waals surface area contributed by atoms with E-state index in [1.54, 1.807) is 12.1 Å². The summed E-state index contributed by atoms with van der Waals surface area (Å²) >= 11 is 0. The Kier molecular flexibility index (Phi) is 3.55. The highest BCUT2D eigenvalue weighted by Crippen LogP contribution is 2.15. The molecule has 0 unspecified atom stereocenters. The van der Waals surface area contributed by atoms with Crippen LogP contribution in [0.15, 0.2) is 53.6 Å². The van der Waals surface area contributed by atoms with Crippen LogP contribution in [0.1, 0.15) is 18.9 Å². The molecule has 0 bridgehead atoms. The van der Waals surface area contributed by atoms with Crippen LogP contribution in [0, 0.1) is 0 Å². The minimum absolute atomic E-state index is 0.249. The molecule has 0 radical (unpaired) electrons. The summed E-state index contributed by atoms with van der Waals surface area (Å²) in [4.78, 5) is 7.58. The molecular formula is C16H16N4O. The second-order valence-corrected chi connectivity index (χ2v) is 4.67. The van der Waals surface area contributed by atoms with E-state index in [0.29, 0.717) is 5.95 Å². The van der Waals surface area contributed by atoms with Gasteiger partial charge in [-0.3, -0.25) is 0 Å². The van der Waals surface area contributed by atoms with Gasteiger partial charge in [0.05, 0.1) is 16.7 Å². The summed E-state index contributed by atoms with van der Waals surface area (Å²) in [6, 6.07) is 14.8. The van der Waals surface area contributed by atoms with E-state index in [-0.39, 0.29) is 5.75 Å². The van der Waals surface area contributed by atoms with Crippen molar-refractivity contribution in [3.8, 4) is 5.75 Å². The van der Waals surface area contributed by atoms with E-state index in [4.69, 9.17) is 0 Å². The first-order valence-electron chi connectivity index (χ1n) is 6.83. The van der Waals surface area contributed by atoms with Crippen molar-refractivity contribution in [3.05, 3.63) is 54.1 Å². The molecule has 0 atom stereocenters. The average Bonchev–Trinajstić information content (AvgIpc) is 2.92. The number of aromatic nitrogens is 2. The summed E-state index contributed by atoms with van der Waals surface area (Å²) in [7, 11) is 0. The van der Waals surface area contributed by atoms with Crippen LogP contribution < -0.4 is 5.43 Å². The number of rotatable bonds is 4. The van der Waals surface area contributed by atoms with Gasteiger partial charge in [0.1, 0.15) is 5.75 Å². The monoisotopic (exact) mass is 280 g/mol. The van der Waals surface area contributed by atoms with Crippen molar-refractivity contribution in [3.63, 3.8) is 0 Å². The van der Waals surface area contributed by atoms with Crippen LogP contribution in [-0.4, -0.2) is 20.8 Å². The third kappa shape index (κ3) is 2.86. The van der Waals surface area contributed by atoms with E-state index in [1.807, 2.05) is 43.3 Å². The lowest BCUT2D eigenvalue weighted by atomic mass is 10.1. The molecule has 5 heteroatoms. The second-order valence-electron chi connectivity index (χ2n) is 4.67. The molecule has 3 N–H and O–H groups in total. The Morgan fingerprint density at radius 2 is 1.95 bits per heavy atom. The van der Waals surface area contributed by atoms with E-state index < -0.39 is 0 Å². The standard InChI is InChI=1S/C16H16N4O/c1-2-13(11-7-9-12(21)10-8-11)19-20-16-17-14-5-3-4-6-15(14)18-16/h3-10,21H,2H2,1H3,(H2,17,18,20)/b19-13+. The Labute approximate surface area is 122 Å². The number of anilines is 1. The Balaban J connectivity index is 1.83. The van der Waals surface area contributed by atoms with Crippen molar-refractivity contribution in [2.24, 2.45) is 5.10 Å². The summed E-state index contributed by atoms with van der Waals surface area (Å²) in [6.07, 6.45) is 0.776. The molecule has 0 saturated heterocycles. The molecule has 0 aliphatic heterocycles. The molecule has 1 aromatic heterocycles. The summed E-state index contributed by atoms with van der Waals surface area (Å²) in [5, 5.41) is 13.7. The van der Waals surface area contributed by atoms with E-state index in [1.165, 1.54) is 0 Å². The van der Waals surface area contributed by atoms with Crippen LogP contribution in [0.4, 0.5) is 5.95 Å². The summed E-state index contributed by atoms with van der Waals surface area (Å²) in [6.45, 7) is 2.03. The van der Waals surface area contributed by atoms with Crippen LogP contribution in [0.5, 0.6) is 5.75 Å². The minimum atomic E-state index is 0.249. The fourth-order valence-electron chi connectivity index (χ4n) is 2.13. The molecule has 3 rings (SSSR count). The predicted molar refractivity (Wildman–Crippen MR) is 84.7 cm³/mol. The number of aromatic hydroxyl groups is 1. The number of hydrogen-bond acceptors (Lipinski definition) is 4. The number of H-pyrrole nitrogens is 1. The van der Waals surface area contributed by atoms with E-state index in [9.17, 15) is 5.11 Å². The van der Waals surface area contributed by atoms with Gasteiger partial charge in [0.2, 0.25) is 5.95 Å². The zero-order valence-electron chi connectivity index (χ0n) is 11.7. The lowest BCUT2D eigenvalue weighted by Gasteiger charge is -2.04. The number of fused-ring (bicyclic) bond motifs is 1. The van der Waals surface area contributed by atoms with Gasteiger partial charge in [-0.05, 0) is 48.4 Å². The van der Waals surface area contributed by atoms with E-state index in [2.05, 4.69) is 20.5 Å². The maximum atomic E-state index is 9.33. The molecule has 0 amide bonds. The fourth-order valence-corrected chi connectivity index (χ4v) is 2.13. The lowest BCUT2D eigenvalue weighted by Crippen LogP contribution is -2.03. The molecule has 106 valence electrons. The number of phenols is 1. The van der Waals surface area contributed by atoms with Gasteiger partial charge in [-0.1, -0.05) is 19.1 Å². The number of phenolic OH excluding ortho intramolecular Hbond substituents is 1. The molecule has 0 fully saturated rings. The van der Waals surface area contributed by atoms with Crippen molar-refractivity contribution in [2.75, 3.05) is 5.43 Å². The number of para-hydroxylation sites is 2. The molecule has 21 heavy (non-hydrogen) atoms. The van der Waals surface area contributed by atoms with Crippen LogP contribution >= 0.6 is 0 Å². The van der Waals surface area contributed by atoms with Gasteiger partial charge < -0.3 is 10.1 Å². The zero-order chi connectivity index (χ0) is 14.7. The number of aromatic amines is 1. The number of nitrogens with zero attached hydrogens (tertiary/aromatic N) is 2. The van der Waals surface area contributed by atoms with Gasteiger partial charge in [0.15, 0.2) is 0 Å². The van der Waals surface area contributed by atoms with Gasteiger partial charge >= 0.3 is 0 Å². The van der Waals surface area contributed by atoms with Crippen molar-refractivity contribution in [2.45, 2.75) is 13.3 Å². The second kappa shape index (κ2) is 5.66. The van der Waals surface area contributed by atoms with Crippen LogP contribution in [0.25, 0.3) is 11.0 Å². The topological polar surface area (TPSA) is 73.3 Å². The largest absolute Gasteiger partial charge is 0.508 e. The quantitative estimate of drug-likeness (QED) is 0.506. The minimum Gasteiger partial charge on any atom is -0.508 e. The zero-order valence-corrected chi connectivity index (χ0v) is 11.7. The number of imidazole rings is 1. The Morgan fingerprint density at radius 1 is 1.19 bits per heavy atom. The Morgan fingerprint density at radius 3 is 2.67 bits per heavy atom. The smallest absolute Gasteiger partial charge is 0.222 e. The van der Waals surface area contributed by atoms with Gasteiger partial charge in [-0.2, -0.15) is 5.10 Å². The Bertz CT molecular complexity index is 741. The van der Waals surface area contributed by atoms with Gasteiger partial charge in [-0.15, -0.1) is 0 Å². The van der Waals surface area contributed by atoms with Crippen molar-refractivity contribution < 1.29 is 5.11 Å². The Hall–Kier alpha value is -2.82. The van der Waals surface area contributed by atoms with Crippen molar-refractivity contribution in [1.82, 2.24) is 9.97 Å². The first kappa shape index (κ1) is 13.2. The highest BCUT2D eigenvalue weighted by molar-refractivity contribution is 6.00. The maximum Gasteiger partial charge on any atom is 0.222 e. The van der Waals surface area contributed by atoms with Crippen LogP contribution in [0.3, 0.4) is 0 Å². The third-order valence-corrected chi connectivity index (χ3v) is 3.22. The lowest BCUT2D eigenvalue weighted by molar-refractivity contribution is 0.475. The molecule has 5 nitrogen and oxygen atoms in total. The normalized spacial score (nSPS) is 11.8. The summed E-state index contributed by atoms with van der Waals surface area (Å²) in [5.41, 5.74) is 6.70. The van der Waals surface area contributed by atoms with E-state index >= 15 is 0 Å². The van der Waals surface area contributed by atoms with Crippen LogP contribution in [-0.2, 0) is 0 Å². The van der Waals surface area contributed by atoms with Gasteiger partial charge in [0.25, 0.3) is 0 Å². The van der Waals surface area contributed by atoms with Crippen molar-refractivity contribution >= 4 is 22.7 Å². The first-order valence-corrected chi connectivity index (χ1v) is 6.83. The summed E-state index contributed by atoms with van der Waals surface area (Å²) in [5.74, 6) is 0.861. The van der Waals surface area contributed by atoms with Gasteiger partial charge in [0, 0.05) is 0 Å². The van der Waals surface area contributed by atoms with E-state index in [0.717, 1.165) is 28.7 Å². The number of benzene rings is 2. The van der Waals surface area contributed by atoms with Crippen molar-refractivity contribution in [1.29, 1.82) is 0 Å². The third-order valence-electron chi connectivity index (χ3n) is 3.22. The molecule has 0 aliphatic rings. The first-order chi connectivity index (χ1) is 10.3. The van der Waals surface area contributed by atoms with Gasteiger partial charge in [-0.25, -0.2) is 10.4 Å². The SMILES string of the molecule is CC/C(=N\Nc1nc2ccccc2[nH]1)c1ccc(O)cc1. The van der Waals surface area contributed by atoms with Crippen LogP contribution in [0.2, 0.25) is 0 Å². The highest BCUT2D eigenvalue weighted by atomic mass is 16.3. The molecular weight excluding hydrogens is 264 g/mol. The molecule has 0 saturated carbocycles. The molecule has 0 spiro atoms. The average molecular weight is 280 g/mol. The molecule has 1 heterocycles. The molecule has 0 aliphatic carbocycles. The molecule has 2 aromatic carbocycles. The summed E-state index contributed by atoms with van der Waals surface area (Å²) < 4.78 is 0. The number of hydrazone groups is 1. The maximum absolute atomic E-state index is 9.33.